The summed E-state index contributed by atoms with van der Waals surface area (Å²) in [7, 11) is 0. The fourth-order valence-corrected chi connectivity index (χ4v) is 2.61. The Morgan fingerprint density at radius 2 is 1.43 bits per heavy atom. The number of aromatic hydroxyl groups is 1. The lowest BCUT2D eigenvalue weighted by Gasteiger charge is -2.29. The van der Waals surface area contributed by atoms with Gasteiger partial charge in [-0.25, -0.2) is 0 Å². The molecule has 0 unspecified atom stereocenters. The largest absolute Gasteiger partial charge is 0.507 e. The van der Waals surface area contributed by atoms with Gasteiger partial charge in [-0.2, -0.15) is 0 Å². The van der Waals surface area contributed by atoms with Gasteiger partial charge in [0.2, 0.25) is 0 Å². The maximum Gasteiger partial charge on any atom is 0.123 e. The minimum Gasteiger partial charge on any atom is -0.507 e. The molecule has 0 saturated heterocycles. The molecule has 2 heteroatoms. The third-order valence-electron chi connectivity index (χ3n) is 4.05. The molecule has 0 aliphatic heterocycles. The molecular formula is C19H33NO. The predicted molar refractivity (Wildman–Crippen MR) is 92.0 cm³/mol. The van der Waals surface area contributed by atoms with Gasteiger partial charge in [0.15, 0.2) is 0 Å². The van der Waals surface area contributed by atoms with Gasteiger partial charge in [0, 0.05) is 6.04 Å². The third kappa shape index (κ3) is 4.47. The summed E-state index contributed by atoms with van der Waals surface area (Å²) in [5.41, 5.74) is 9.33. The summed E-state index contributed by atoms with van der Waals surface area (Å²) in [5, 5.41) is 10.7. The molecule has 0 bridgehead atoms. The van der Waals surface area contributed by atoms with Crippen molar-refractivity contribution < 1.29 is 5.11 Å². The first-order chi connectivity index (χ1) is 9.48. The van der Waals surface area contributed by atoms with E-state index >= 15 is 0 Å². The van der Waals surface area contributed by atoms with E-state index in [2.05, 4.69) is 60.6 Å². The first-order valence-electron chi connectivity index (χ1n) is 8.12. The lowest BCUT2D eigenvalue weighted by atomic mass is 9.77. The first kappa shape index (κ1) is 18.0. The highest BCUT2D eigenvalue weighted by atomic mass is 16.3. The van der Waals surface area contributed by atoms with Crippen molar-refractivity contribution in [3.8, 4) is 5.75 Å². The van der Waals surface area contributed by atoms with Gasteiger partial charge >= 0.3 is 0 Å². The average Bonchev–Trinajstić information content (AvgIpc) is 2.33. The Morgan fingerprint density at radius 1 is 1.00 bits per heavy atom. The van der Waals surface area contributed by atoms with Gasteiger partial charge in [-0.15, -0.1) is 0 Å². The molecule has 0 heterocycles. The van der Waals surface area contributed by atoms with Gasteiger partial charge in [-0.05, 0) is 33.9 Å². The fraction of sp³-hybridized carbons (Fsp3) is 0.684. The molecule has 3 N–H and O–H groups in total. The van der Waals surface area contributed by atoms with E-state index in [9.17, 15) is 5.11 Å². The SMILES string of the molecule is CCCC[C@@H](N)c1cc(C(C)(C)C)c(O)c(C(C)(C)C)c1. The van der Waals surface area contributed by atoms with Crippen LogP contribution in [0.25, 0.3) is 0 Å². The standard InChI is InChI=1S/C19H33NO/c1-8-9-10-16(20)13-11-14(18(2,3)4)17(21)15(12-13)19(5,6)7/h11-12,16,21H,8-10,20H2,1-7H3/t16-/m1/s1. The molecule has 0 radical (unpaired) electrons. The van der Waals surface area contributed by atoms with Crippen molar-refractivity contribution >= 4 is 0 Å². The Morgan fingerprint density at radius 3 is 1.76 bits per heavy atom. The van der Waals surface area contributed by atoms with Crippen molar-refractivity contribution in [3.63, 3.8) is 0 Å². The summed E-state index contributed by atoms with van der Waals surface area (Å²) in [6.07, 6.45) is 3.29. The highest BCUT2D eigenvalue weighted by Crippen LogP contribution is 2.41. The van der Waals surface area contributed by atoms with Crippen molar-refractivity contribution in [1.29, 1.82) is 0 Å². The molecule has 0 saturated carbocycles. The molecule has 0 aromatic heterocycles. The smallest absolute Gasteiger partial charge is 0.123 e. The monoisotopic (exact) mass is 291 g/mol. The zero-order valence-corrected chi connectivity index (χ0v) is 14.9. The summed E-state index contributed by atoms with van der Waals surface area (Å²) in [6, 6.07) is 4.25. The lowest BCUT2D eigenvalue weighted by Crippen LogP contribution is -2.20. The van der Waals surface area contributed by atoms with E-state index in [-0.39, 0.29) is 16.9 Å². The average molecular weight is 291 g/mol. The zero-order valence-electron chi connectivity index (χ0n) is 14.9. The second-order valence-electron chi connectivity index (χ2n) is 8.21. The van der Waals surface area contributed by atoms with Crippen LogP contribution in [0.4, 0.5) is 0 Å². The second-order valence-corrected chi connectivity index (χ2v) is 8.21. The molecule has 1 aromatic carbocycles. The topological polar surface area (TPSA) is 46.2 Å². The number of phenols is 1. The van der Waals surface area contributed by atoms with E-state index in [0.717, 1.165) is 36.0 Å². The third-order valence-corrected chi connectivity index (χ3v) is 4.05. The molecule has 120 valence electrons. The maximum absolute atomic E-state index is 10.7. The van der Waals surface area contributed by atoms with Crippen LogP contribution in [-0.4, -0.2) is 5.11 Å². The first-order valence-corrected chi connectivity index (χ1v) is 8.12. The molecule has 0 fully saturated rings. The van der Waals surface area contributed by atoms with E-state index < -0.39 is 0 Å². The van der Waals surface area contributed by atoms with Gasteiger partial charge in [-0.3, -0.25) is 0 Å². The molecule has 0 aliphatic carbocycles. The summed E-state index contributed by atoms with van der Waals surface area (Å²) >= 11 is 0. The molecule has 2 nitrogen and oxygen atoms in total. The van der Waals surface area contributed by atoms with Crippen molar-refractivity contribution in [2.24, 2.45) is 5.73 Å². The number of hydrogen-bond donors (Lipinski definition) is 2. The van der Waals surface area contributed by atoms with Crippen LogP contribution in [0, 0.1) is 0 Å². The molecule has 1 atom stereocenters. The Kier molecular flexibility index (Phi) is 5.49. The Labute approximate surface area is 130 Å². The quantitative estimate of drug-likeness (QED) is 0.803. The van der Waals surface area contributed by atoms with Crippen LogP contribution in [-0.2, 0) is 10.8 Å². The number of benzene rings is 1. The molecule has 0 aliphatic rings. The minimum atomic E-state index is -0.0927. The van der Waals surface area contributed by atoms with Crippen LogP contribution in [0.3, 0.4) is 0 Å². The second kappa shape index (κ2) is 6.39. The van der Waals surface area contributed by atoms with Crippen LogP contribution >= 0.6 is 0 Å². The number of nitrogens with two attached hydrogens (primary N) is 1. The number of rotatable bonds is 4. The van der Waals surface area contributed by atoms with Gasteiger partial charge in [-0.1, -0.05) is 73.4 Å². The molecule has 21 heavy (non-hydrogen) atoms. The van der Waals surface area contributed by atoms with E-state index in [4.69, 9.17) is 5.73 Å². The van der Waals surface area contributed by atoms with Gasteiger partial charge < -0.3 is 10.8 Å². The normalized spacial score (nSPS) is 14.3. The van der Waals surface area contributed by atoms with Crippen molar-refractivity contribution in [1.82, 2.24) is 0 Å². The van der Waals surface area contributed by atoms with Crippen molar-refractivity contribution in [3.05, 3.63) is 28.8 Å². The molecule has 1 aromatic rings. The van der Waals surface area contributed by atoms with E-state index in [1.165, 1.54) is 0 Å². The van der Waals surface area contributed by atoms with Crippen LogP contribution < -0.4 is 5.73 Å². The Balaban J connectivity index is 3.40. The van der Waals surface area contributed by atoms with Crippen LogP contribution in [0.2, 0.25) is 0 Å². The summed E-state index contributed by atoms with van der Waals surface area (Å²) in [5.74, 6) is 0.432. The molecule has 1 rings (SSSR count). The van der Waals surface area contributed by atoms with Gasteiger partial charge in [0.05, 0.1) is 0 Å². The Hall–Kier alpha value is -1.02. The zero-order chi connectivity index (χ0) is 16.4. The van der Waals surface area contributed by atoms with Gasteiger partial charge in [0.1, 0.15) is 5.75 Å². The molecule has 0 amide bonds. The van der Waals surface area contributed by atoms with E-state index in [0.29, 0.717) is 5.75 Å². The minimum absolute atomic E-state index is 0.0488. The number of phenolic OH excluding ortho intramolecular Hbond substituents is 1. The maximum atomic E-state index is 10.7. The highest BCUT2D eigenvalue weighted by molar-refractivity contribution is 5.50. The fourth-order valence-electron chi connectivity index (χ4n) is 2.61. The van der Waals surface area contributed by atoms with Crippen molar-refractivity contribution in [2.75, 3.05) is 0 Å². The molecule has 0 spiro atoms. The lowest BCUT2D eigenvalue weighted by molar-refractivity contribution is 0.421. The van der Waals surface area contributed by atoms with Crippen LogP contribution in [0.5, 0.6) is 5.75 Å². The number of unbranched alkanes of at least 4 members (excludes halogenated alkanes) is 1. The van der Waals surface area contributed by atoms with Crippen LogP contribution in [0.1, 0.15) is 90.5 Å². The molecular weight excluding hydrogens is 258 g/mol. The highest BCUT2D eigenvalue weighted by Gasteiger charge is 2.27. The summed E-state index contributed by atoms with van der Waals surface area (Å²) in [4.78, 5) is 0. The number of hydrogen-bond acceptors (Lipinski definition) is 2. The van der Waals surface area contributed by atoms with Crippen molar-refractivity contribution in [2.45, 2.75) is 84.6 Å². The van der Waals surface area contributed by atoms with E-state index in [1.807, 2.05) is 0 Å². The van der Waals surface area contributed by atoms with Crippen LogP contribution in [0.15, 0.2) is 12.1 Å². The summed E-state index contributed by atoms with van der Waals surface area (Å²) in [6.45, 7) is 15.0. The Bertz CT molecular complexity index is 442. The summed E-state index contributed by atoms with van der Waals surface area (Å²) < 4.78 is 0. The predicted octanol–water partition coefficient (Wildman–Crippen LogP) is 5.18. The van der Waals surface area contributed by atoms with Gasteiger partial charge in [0.25, 0.3) is 0 Å². The van der Waals surface area contributed by atoms with E-state index in [1.54, 1.807) is 0 Å².